The number of sulfone groups is 1. The van der Waals surface area contributed by atoms with Crippen molar-refractivity contribution in [2.75, 3.05) is 11.5 Å². The van der Waals surface area contributed by atoms with Crippen molar-refractivity contribution in [3.05, 3.63) is 15.9 Å². The van der Waals surface area contributed by atoms with E-state index in [0.29, 0.717) is 10.9 Å². The van der Waals surface area contributed by atoms with Gasteiger partial charge in [0.2, 0.25) is 0 Å². The van der Waals surface area contributed by atoms with E-state index in [-0.39, 0.29) is 15.7 Å². The quantitative estimate of drug-likeness (QED) is 0.867. The van der Waals surface area contributed by atoms with Gasteiger partial charge in [-0.05, 0) is 40.7 Å². The van der Waals surface area contributed by atoms with Crippen LogP contribution in [0.2, 0.25) is 0 Å². The van der Waals surface area contributed by atoms with Crippen molar-refractivity contribution in [1.29, 1.82) is 0 Å². The minimum atomic E-state index is -3.68. The molecular formula is C9H12BrNO4S3. The zero-order chi connectivity index (χ0) is 13.6. The van der Waals surface area contributed by atoms with E-state index in [9.17, 15) is 16.8 Å². The lowest BCUT2D eigenvalue weighted by Gasteiger charge is -2.23. The van der Waals surface area contributed by atoms with E-state index < -0.39 is 25.4 Å². The van der Waals surface area contributed by atoms with Gasteiger partial charge in [-0.3, -0.25) is 0 Å². The van der Waals surface area contributed by atoms with Crippen LogP contribution in [0.15, 0.2) is 20.1 Å². The summed E-state index contributed by atoms with van der Waals surface area (Å²) >= 11 is 4.26. The molecule has 1 aromatic rings. The van der Waals surface area contributed by atoms with Crippen LogP contribution >= 0.6 is 27.3 Å². The van der Waals surface area contributed by atoms with Crippen LogP contribution in [0, 0.1) is 0 Å². The summed E-state index contributed by atoms with van der Waals surface area (Å²) in [6.45, 7) is 1.62. The summed E-state index contributed by atoms with van der Waals surface area (Å²) in [6, 6.07) is 1.65. The maximum absolute atomic E-state index is 12.2. The second-order valence-electron chi connectivity index (χ2n) is 4.56. The van der Waals surface area contributed by atoms with Gasteiger partial charge in [0.15, 0.2) is 9.84 Å². The summed E-state index contributed by atoms with van der Waals surface area (Å²) < 4.78 is 50.4. The van der Waals surface area contributed by atoms with Crippen LogP contribution in [0.1, 0.15) is 13.3 Å². The Morgan fingerprint density at radius 3 is 2.61 bits per heavy atom. The van der Waals surface area contributed by atoms with Crippen molar-refractivity contribution in [1.82, 2.24) is 4.72 Å². The average molecular weight is 374 g/mol. The molecule has 1 fully saturated rings. The standard InChI is InChI=1S/C9H12BrNO4S3/c1-9(3-5-17(12,13)6-9)11-18(14,15)8-7(10)2-4-16-8/h2,4,11H,3,5-6H2,1H3. The Morgan fingerprint density at radius 2 is 2.17 bits per heavy atom. The van der Waals surface area contributed by atoms with Gasteiger partial charge in [-0.25, -0.2) is 21.6 Å². The van der Waals surface area contributed by atoms with Gasteiger partial charge >= 0.3 is 0 Å². The van der Waals surface area contributed by atoms with E-state index in [1.54, 1.807) is 18.4 Å². The van der Waals surface area contributed by atoms with Gasteiger partial charge < -0.3 is 0 Å². The molecule has 1 atom stereocenters. The zero-order valence-corrected chi connectivity index (χ0v) is 13.5. The molecule has 1 saturated heterocycles. The summed E-state index contributed by atoms with van der Waals surface area (Å²) in [6.07, 6.45) is 0.303. The highest BCUT2D eigenvalue weighted by Crippen LogP contribution is 2.30. The first kappa shape index (κ1) is 14.4. The van der Waals surface area contributed by atoms with Crippen molar-refractivity contribution >= 4 is 47.1 Å². The fourth-order valence-corrected chi connectivity index (χ4v) is 7.89. The van der Waals surface area contributed by atoms with E-state index in [4.69, 9.17) is 0 Å². The molecule has 1 N–H and O–H groups in total. The van der Waals surface area contributed by atoms with Crippen molar-refractivity contribution in [3.63, 3.8) is 0 Å². The molecule has 1 unspecified atom stereocenters. The molecular weight excluding hydrogens is 362 g/mol. The van der Waals surface area contributed by atoms with Gasteiger partial charge in [0.05, 0.1) is 11.5 Å². The number of thiophene rings is 1. The highest BCUT2D eigenvalue weighted by molar-refractivity contribution is 9.10. The Bertz CT molecular complexity index is 664. The van der Waals surface area contributed by atoms with Gasteiger partial charge in [-0.2, -0.15) is 0 Å². The van der Waals surface area contributed by atoms with Gasteiger partial charge in [0, 0.05) is 10.0 Å². The van der Waals surface area contributed by atoms with Crippen LogP contribution < -0.4 is 4.72 Å². The molecule has 102 valence electrons. The highest BCUT2D eigenvalue weighted by atomic mass is 79.9. The number of sulfonamides is 1. The summed E-state index contributed by atoms with van der Waals surface area (Å²) in [5, 5.41) is 1.66. The Balaban J connectivity index is 2.28. The predicted molar refractivity (Wildman–Crippen MR) is 74.0 cm³/mol. The third-order valence-electron chi connectivity index (χ3n) is 2.71. The molecule has 0 radical (unpaired) electrons. The molecule has 2 heterocycles. The number of rotatable bonds is 3. The summed E-state index contributed by atoms with van der Waals surface area (Å²) in [4.78, 5) is 0. The monoisotopic (exact) mass is 373 g/mol. The lowest BCUT2D eigenvalue weighted by molar-refractivity contribution is 0.462. The third kappa shape index (κ3) is 2.96. The Hall–Kier alpha value is 0.0400. The van der Waals surface area contributed by atoms with Crippen LogP contribution in [0.4, 0.5) is 0 Å². The Morgan fingerprint density at radius 1 is 1.50 bits per heavy atom. The largest absolute Gasteiger partial charge is 0.251 e. The first-order valence-electron chi connectivity index (χ1n) is 5.11. The fourth-order valence-electron chi connectivity index (χ4n) is 1.93. The summed E-state index contributed by atoms with van der Waals surface area (Å²) in [5.41, 5.74) is -0.916. The molecule has 0 saturated carbocycles. The first-order valence-corrected chi connectivity index (χ1v) is 10.1. The molecule has 0 aliphatic carbocycles. The molecule has 0 spiro atoms. The molecule has 0 aromatic carbocycles. The van der Waals surface area contributed by atoms with E-state index in [1.165, 1.54) is 0 Å². The predicted octanol–water partition coefficient (Wildman–Crippen LogP) is 1.37. The van der Waals surface area contributed by atoms with Gasteiger partial charge in [0.1, 0.15) is 4.21 Å². The molecule has 5 nitrogen and oxygen atoms in total. The Kier molecular flexibility index (Phi) is 3.65. The topological polar surface area (TPSA) is 80.3 Å². The van der Waals surface area contributed by atoms with Crippen molar-refractivity contribution in [3.8, 4) is 0 Å². The molecule has 18 heavy (non-hydrogen) atoms. The second kappa shape index (κ2) is 4.55. The van der Waals surface area contributed by atoms with Crippen LogP contribution in [-0.4, -0.2) is 33.9 Å². The summed E-state index contributed by atoms with van der Waals surface area (Å²) in [7, 11) is -6.82. The van der Waals surface area contributed by atoms with Crippen molar-refractivity contribution < 1.29 is 16.8 Å². The van der Waals surface area contributed by atoms with Gasteiger partial charge in [-0.1, -0.05) is 0 Å². The maximum atomic E-state index is 12.2. The maximum Gasteiger partial charge on any atom is 0.251 e. The summed E-state index contributed by atoms with van der Waals surface area (Å²) in [5.74, 6) is -0.125. The van der Waals surface area contributed by atoms with E-state index in [0.717, 1.165) is 11.3 Å². The van der Waals surface area contributed by atoms with E-state index in [1.807, 2.05) is 0 Å². The second-order valence-corrected chi connectivity index (χ2v) is 10.4. The lowest BCUT2D eigenvalue weighted by atomic mass is 10.0. The van der Waals surface area contributed by atoms with Crippen molar-refractivity contribution in [2.45, 2.75) is 23.1 Å². The number of hydrogen-bond donors (Lipinski definition) is 1. The molecule has 0 bridgehead atoms. The SMILES string of the molecule is CC1(NS(=O)(=O)c2sccc2Br)CCS(=O)(=O)C1. The molecule has 1 aromatic heterocycles. The van der Waals surface area contributed by atoms with Gasteiger partial charge in [-0.15, -0.1) is 11.3 Å². The normalized spacial score (nSPS) is 27.4. The number of hydrogen-bond acceptors (Lipinski definition) is 5. The van der Waals surface area contributed by atoms with Crippen molar-refractivity contribution in [2.24, 2.45) is 0 Å². The van der Waals surface area contributed by atoms with Crippen LogP contribution in [0.5, 0.6) is 0 Å². The average Bonchev–Trinajstić information content (AvgIpc) is 2.70. The molecule has 2 rings (SSSR count). The highest BCUT2D eigenvalue weighted by Gasteiger charge is 2.41. The molecule has 9 heteroatoms. The smallest absolute Gasteiger partial charge is 0.229 e. The minimum Gasteiger partial charge on any atom is -0.229 e. The number of nitrogens with one attached hydrogen (secondary N) is 1. The molecule has 1 aliphatic heterocycles. The molecule has 1 aliphatic rings. The van der Waals surface area contributed by atoms with Crippen LogP contribution in [-0.2, 0) is 19.9 Å². The minimum absolute atomic E-state index is 0.0254. The number of halogens is 1. The first-order chi connectivity index (χ1) is 8.14. The van der Waals surface area contributed by atoms with Crippen LogP contribution in [0.3, 0.4) is 0 Å². The lowest BCUT2D eigenvalue weighted by Crippen LogP contribution is -2.46. The zero-order valence-electron chi connectivity index (χ0n) is 9.51. The van der Waals surface area contributed by atoms with E-state index in [2.05, 4.69) is 20.7 Å². The molecule has 0 amide bonds. The fraction of sp³-hybridized carbons (Fsp3) is 0.556. The van der Waals surface area contributed by atoms with Gasteiger partial charge in [0.25, 0.3) is 10.0 Å². The van der Waals surface area contributed by atoms with Crippen LogP contribution in [0.25, 0.3) is 0 Å². The third-order valence-corrected chi connectivity index (χ3v) is 8.92. The van der Waals surface area contributed by atoms with E-state index >= 15 is 0 Å². The Labute approximate surface area is 119 Å².